The first-order valence-corrected chi connectivity index (χ1v) is 7.24. The number of ether oxygens (including phenoxy) is 2. The minimum Gasteiger partial charge on any atom is -0.497 e. The first kappa shape index (κ1) is 18.2. The van der Waals surface area contributed by atoms with Crippen molar-refractivity contribution >= 4 is 12.0 Å². The molecule has 0 fully saturated rings. The van der Waals surface area contributed by atoms with E-state index >= 15 is 0 Å². The Kier molecular flexibility index (Phi) is 8.61. The van der Waals surface area contributed by atoms with Gasteiger partial charge in [0.2, 0.25) is 0 Å². The maximum Gasteiger partial charge on any atom is 0.330 e. The Hall–Kier alpha value is -2.81. The van der Waals surface area contributed by atoms with Gasteiger partial charge in [-0.25, -0.2) is 4.79 Å². The average Bonchev–Trinajstić information content (AvgIpc) is 2.62. The zero-order valence-electron chi connectivity index (χ0n) is 13.6. The van der Waals surface area contributed by atoms with E-state index in [9.17, 15) is 4.79 Å². The number of hydrogen-bond donors (Lipinski definition) is 0. The normalized spacial score (nSPS) is 9.65. The molecule has 0 radical (unpaired) electrons. The van der Waals surface area contributed by atoms with E-state index in [1.807, 2.05) is 60.7 Å². The molecule has 0 aliphatic carbocycles. The average molecular weight is 310 g/mol. The number of carbonyl (C=O) groups excluding carboxylic acids is 1. The number of benzene rings is 2. The van der Waals surface area contributed by atoms with Crippen molar-refractivity contribution in [3.8, 4) is 5.75 Å². The molecule has 0 amide bonds. The number of rotatable bonds is 5. The second kappa shape index (κ2) is 10.9. The van der Waals surface area contributed by atoms with Crippen LogP contribution in [0.5, 0.6) is 5.75 Å². The van der Waals surface area contributed by atoms with Crippen LogP contribution in [-0.4, -0.2) is 20.2 Å². The zero-order valence-corrected chi connectivity index (χ0v) is 13.6. The van der Waals surface area contributed by atoms with E-state index in [0.29, 0.717) is 0 Å². The van der Waals surface area contributed by atoms with Gasteiger partial charge in [0.1, 0.15) is 5.75 Å². The van der Waals surface area contributed by atoms with Crippen LogP contribution >= 0.6 is 0 Å². The maximum absolute atomic E-state index is 10.7. The molecule has 2 aromatic rings. The van der Waals surface area contributed by atoms with Crippen molar-refractivity contribution in [1.29, 1.82) is 0 Å². The number of hydrogen-bond acceptors (Lipinski definition) is 3. The fourth-order valence-electron chi connectivity index (χ4n) is 1.72. The van der Waals surface area contributed by atoms with E-state index < -0.39 is 0 Å². The minimum absolute atomic E-state index is 0.334. The Labute approximate surface area is 137 Å². The van der Waals surface area contributed by atoms with Gasteiger partial charge in [-0.2, -0.15) is 0 Å². The first-order chi connectivity index (χ1) is 11.2. The van der Waals surface area contributed by atoms with Crippen LogP contribution in [0.4, 0.5) is 0 Å². The molecule has 3 nitrogen and oxygen atoms in total. The monoisotopic (exact) mass is 310 g/mol. The van der Waals surface area contributed by atoms with Crippen LogP contribution in [-0.2, 0) is 16.0 Å². The number of methoxy groups -OCH3 is 2. The lowest BCUT2D eigenvalue weighted by atomic mass is 10.1. The molecule has 3 heteroatoms. The predicted octanol–water partition coefficient (Wildman–Crippen LogP) is 4.30. The quantitative estimate of drug-likeness (QED) is 0.469. The van der Waals surface area contributed by atoms with Crippen LogP contribution in [0.3, 0.4) is 0 Å². The zero-order chi connectivity index (χ0) is 16.9. The van der Waals surface area contributed by atoms with Crippen molar-refractivity contribution in [1.82, 2.24) is 0 Å². The summed E-state index contributed by atoms with van der Waals surface area (Å²) >= 11 is 0. The van der Waals surface area contributed by atoms with Crippen LogP contribution < -0.4 is 4.74 Å². The molecule has 0 heterocycles. The highest BCUT2D eigenvalue weighted by atomic mass is 16.5. The molecule has 120 valence electrons. The molecule has 0 unspecified atom stereocenters. The lowest BCUT2D eigenvalue weighted by molar-refractivity contribution is -0.134. The molecule has 0 saturated heterocycles. The van der Waals surface area contributed by atoms with Crippen LogP contribution in [0.15, 0.2) is 73.3 Å². The molecule has 0 N–H and O–H groups in total. The van der Waals surface area contributed by atoms with Gasteiger partial charge in [0.15, 0.2) is 0 Å². The van der Waals surface area contributed by atoms with E-state index in [1.54, 1.807) is 13.2 Å². The Bertz CT molecular complexity index is 613. The second-order valence-corrected chi connectivity index (χ2v) is 4.61. The molecule has 0 aliphatic heterocycles. The van der Waals surface area contributed by atoms with Gasteiger partial charge in [-0.05, 0) is 35.8 Å². The molecule has 23 heavy (non-hydrogen) atoms. The summed E-state index contributed by atoms with van der Waals surface area (Å²) < 4.78 is 9.47. The predicted molar refractivity (Wildman–Crippen MR) is 94.4 cm³/mol. The van der Waals surface area contributed by atoms with Crippen LogP contribution in [0.2, 0.25) is 0 Å². The van der Waals surface area contributed by atoms with E-state index in [1.165, 1.54) is 18.7 Å². The smallest absolute Gasteiger partial charge is 0.330 e. The van der Waals surface area contributed by atoms with Gasteiger partial charge in [0.05, 0.1) is 14.2 Å². The molecular formula is C20H22O3. The molecular weight excluding hydrogens is 288 g/mol. The van der Waals surface area contributed by atoms with Crippen molar-refractivity contribution in [3.05, 3.63) is 84.5 Å². The van der Waals surface area contributed by atoms with E-state index in [2.05, 4.69) is 11.3 Å². The summed E-state index contributed by atoms with van der Waals surface area (Å²) in [6.07, 6.45) is 5.92. The SMILES string of the molecule is C=CCc1ccc(OC)cc1.COC(=O)C=Cc1ccccc1. The van der Waals surface area contributed by atoms with Crippen LogP contribution in [0.25, 0.3) is 6.08 Å². The van der Waals surface area contributed by atoms with E-state index in [-0.39, 0.29) is 5.97 Å². The van der Waals surface area contributed by atoms with Gasteiger partial charge in [0.25, 0.3) is 0 Å². The Morgan fingerprint density at radius 2 is 1.70 bits per heavy atom. The lowest BCUT2D eigenvalue weighted by Crippen LogP contribution is -1.92. The Morgan fingerprint density at radius 3 is 2.22 bits per heavy atom. The number of allylic oxidation sites excluding steroid dienone is 1. The third-order valence-electron chi connectivity index (χ3n) is 2.95. The second-order valence-electron chi connectivity index (χ2n) is 4.61. The molecule has 0 atom stereocenters. The summed E-state index contributed by atoms with van der Waals surface area (Å²) in [6, 6.07) is 17.6. The van der Waals surface area contributed by atoms with Crippen molar-refractivity contribution in [2.45, 2.75) is 6.42 Å². The molecule has 0 bridgehead atoms. The van der Waals surface area contributed by atoms with E-state index in [4.69, 9.17) is 4.74 Å². The summed E-state index contributed by atoms with van der Waals surface area (Å²) in [4.78, 5) is 10.7. The fraction of sp³-hybridized carbons (Fsp3) is 0.150. The summed E-state index contributed by atoms with van der Waals surface area (Å²) in [7, 11) is 3.03. The third kappa shape index (κ3) is 7.67. The van der Waals surface area contributed by atoms with Crippen molar-refractivity contribution in [2.75, 3.05) is 14.2 Å². The maximum atomic E-state index is 10.7. The number of carbonyl (C=O) groups is 1. The van der Waals surface area contributed by atoms with Gasteiger partial charge in [0, 0.05) is 6.08 Å². The van der Waals surface area contributed by atoms with Crippen LogP contribution in [0, 0.1) is 0 Å². The number of esters is 1. The van der Waals surface area contributed by atoms with E-state index in [0.717, 1.165) is 17.7 Å². The van der Waals surface area contributed by atoms with Gasteiger partial charge in [-0.1, -0.05) is 48.5 Å². The highest BCUT2D eigenvalue weighted by Gasteiger charge is 1.90. The largest absolute Gasteiger partial charge is 0.497 e. The summed E-state index contributed by atoms with van der Waals surface area (Å²) in [5.41, 5.74) is 2.25. The Morgan fingerprint density at radius 1 is 1.04 bits per heavy atom. The van der Waals surface area contributed by atoms with Crippen molar-refractivity contribution in [2.24, 2.45) is 0 Å². The summed E-state index contributed by atoms with van der Waals surface area (Å²) in [5, 5.41) is 0. The summed E-state index contributed by atoms with van der Waals surface area (Å²) in [6.45, 7) is 3.67. The van der Waals surface area contributed by atoms with Crippen molar-refractivity contribution < 1.29 is 14.3 Å². The lowest BCUT2D eigenvalue weighted by Gasteiger charge is -1.99. The standard InChI is InChI=1S/C10H10O2.C10H12O/c1-12-10(11)8-7-9-5-3-2-4-6-9;1-3-4-9-5-7-10(11-2)8-6-9/h2-8H,1H3;3,5-8H,1,4H2,2H3. The minimum atomic E-state index is -0.334. The highest BCUT2D eigenvalue weighted by molar-refractivity contribution is 5.86. The topological polar surface area (TPSA) is 35.5 Å². The molecule has 0 aliphatic rings. The van der Waals surface area contributed by atoms with Crippen LogP contribution in [0.1, 0.15) is 11.1 Å². The summed E-state index contributed by atoms with van der Waals surface area (Å²) in [5.74, 6) is 0.566. The molecule has 0 spiro atoms. The van der Waals surface area contributed by atoms with Gasteiger partial charge >= 0.3 is 5.97 Å². The fourth-order valence-corrected chi connectivity index (χ4v) is 1.72. The van der Waals surface area contributed by atoms with Gasteiger partial charge in [-0.15, -0.1) is 6.58 Å². The van der Waals surface area contributed by atoms with Crippen molar-refractivity contribution in [3.63, 3.8) is 0 Å². The van der Waals surface area contributed by atoms with Gasteiger partial charge in [-0.3, -0.25) is 0 Å². The molecule has 0 aromatic heterocycles. The molecule has 2 rings (SSSR count). The van der Waals surface area contributed by atoms with Gasteiger partial charge < -0.3 is 9.47 Å². The highest BCUT2D eigenvalue weighted by Crippen LogP contribution is 2.11. The first-order valence-electron chi connectivity index (χ1n) is 7.24. The molecule has 2 aromatic carbocycles. The Balaban J connectivity index is 0.000000231. The third-order valence-corrected chi connectivity index (χ3v) is 2.95. The molecule has 0 saturated carbocycles.